The molecule has 10 heteroatoms. The third-order valence-corrected chi connectivity index (χ3v) is 5.84. The topological polar surface area (TPSA) is 99.8 Å². The second kappa shape index (κ2) is 10.6. The summed E-state index contributed by atoms with van der Waals surface area (Å²) in [5.41, 5.74) is 2.43. The van der Waals surface area contributed by atoms with E-state index < -0.39 is 18.0 Å². The molecule has 1 unspecified atom stereocenters. The van der Waals surface area contributed by atoms with E-state index in [-0.39, 0.29) is 6.03 Å². The van der Waals surface area contributed by atoms with Gasteiger partial charge in [-0.2, -0.15) is 0 Å². The largest absolute Gasteiger partial charge is 0.466 e. The lowest BCUT2D eigenvalue weighted by molar-refractivity contribution is -0.136. The second-order valence-corrected chi connectivity index (χ2v) is 8.17. The van der Waals surface area contributed by atoms with Crippen LogP contribution in [0.15, 0.2) is 53.7 Å². The predicted molar refractivity (Wildman–Crippen MR) is 129 cm³/mol. The van der Waals surface area contributed by atoms with Crippen molar-refractivity contribution in [3.05, 3.63) is 69.3 Å². The maximum atomic E-state index is 12.7. The number of amides is 4. The van der Waals surface area contributed by atoms with Gasteiger partial charge in [0.2, 0.25) is 0 Å². The van der Waals surface area contributed by atoms with E-state index in [1.807, 2.05) is 6.92 Å². The molecule has 2 aromatic rings. The Bertz CT molecular complexity index is 1120. The molecule has 0 saturated carbocycles. The first-order chi connectivity index (χ1) is 15.7. The van der Waals surface area contributed by atoms with Crippen LogP contribution in [0, 0.1) is 0 Å². The highest BCUT2D eigenvalue weighted by molar-refractivity contribution is 6.42. The van der Waals surface area contributed by atoms with Crippen LogP contribution in [-0.2, 0) is 9.53 Å². The summed E-state index contributed by atoms with van der Waals surface area (Å²) in [5.74, 6) is -0.533. The average Bonchev–Trinajstić information content (AvgIpc) is 2.78. The fraction of sp³-hybridized carbons (Fsp3) is 0.261. The number of allylic oxidation sites excluding steroid dienone is 1. The first kappa shape index (κ1) is 24.4. The van der Waals surface area contributed by atoms with Gasteiger partial charge in [0.1, 0.15) is 0 Å². The van der Waals surface area contributed by atoms with E-state index in [1.54, 1.807) is 43.3 Å². The van der Waals surface area contributed by atoms with Crippen molar-refractivity contribution in [2.24, 2.45) is 0 Å². The van der Waals surface area contributed by atoms with Crippen molar-refractivity contribution < 1.29 is 19.1 Å². The van der Waals surface area contributed by atoms with Gasteiger partial charge in [0.15, 0.2) is 0 Å². The normalized spacial score (nSPS) is 15.7. The van der Waals surface area contributed by atoms with Crippen molar-refractivity contribution in [3.63, 3.8) is 0 Å². The maximum absolute atomic E-state index is 12.7. The fourth-order valence-electron chi connectivity index (χ4n) is 3.56. The van der Waals surface area contributed by atoms with Gasteiger partial charge in [0.05, 0.1) is 28.8 Å². The number of carbonyl (C=O) groups is 3. The first-order valence-electron chi connectivity index (χ1n) is 10.2. The zero-order valence-electron chi connectivity index (χ0n) is 18.4. The van der Waals surface area contributed by atoms with Crippen molar-refractivity contribution in [2.45, 2.75) is 26.3 Å². The average molecular weight is 491 g/mol. The van der Waals surface area contributed by atoms with Crippen molar-refractivity contribution in [2.75, 3.05) is 24.3 Å². The van der Waals surface area contributed by atoms with Gasteiger partial charge in [0.25, 0.3) is 0 Å². The van der Waals surface area contributed by atoms with Crippen molar-refractivity contribution in [1.29, 1.82) is 0 Å². The summed E-state index contributed by atoms with van der Waals surface area (Å²) < 4.78 is 4.98. The van der Waals surface area contributed by atoms with Crippen LogP contribution in [0.25, 0.3) is 0 Å². The summed E-state index contributed by atoms with van der Waals surface area (Å²) in [7, 11) is 1.30. The Morgan fingerprint density at radius 2 is 1.79 bits per heavy atom. The minimum Gasteiger partial charge on any atom is -0.466 e. The standard InChI is InChI=1S/C23H24Cl2N4O4/c1-4-10-29-13(2)19(21(30)33-3)20(28-23(29)32)14-6-5-7-15(11-14)26-22(31)27-16-8-9-17(24)18(25)12-16/h5-9,11-12,20H,4,10H2,1-3H3,(H,28,32)(H2,26,27,31). The van der Waals surface area contributed by atoms with Gasteiger partial charge in [-0.3, -0.25) is 4.90 Å². The van der Waals surface area contributed by atoms with Gasteiger partial charge >= 0.3 is 18.0 Å². The predicted octanol–water partition coefficient (Wildman–Crippen LogP) is 5.56. The lowest BCUT2D eigenvalue weighted by Crippen LogP contribution is -2.48. The number of hydrogen-bond donors (Lipinski definition) is 3. The molecule has 33 heavy (non-hydrogen) atoms. The Kier molecular flexibility index (Phi) is 7.84. The third-order valence-electron chi connectivity index (χ3n) is 5.10. The molecule has 174 valence electrons. The zero-order valence-corrected chi connectivity index (χ0v) is 19.9. The summed E-state index contributed by atoms with van der Waals surface area (Å²) in [4.78, 5) is 39.2. The van der Waals surface area contributed by atoms with E-state index >= 15 is 0 Å². The SMILES string of the molecule is CCCN1C(=O)NC(c2cccc(NC(=O)Nc3ccc(Cl)c(Cl)c3)c2)C(C(=O)OC)=C1C. The van der Waals surface area contributed by atoms with E-state index in [9.17, 15) is 14.4 Å². The second-order valence-electron chi connectivity index (χ2n) is 7.36. The molecular weight excluding hydrogens is 467 g/mol. The highest BCUT2D eigenvalue weighted by Gasteiger charge is 2.36. The number of nitrogens with zero attached hydrogens (tertiary/aromatic N) is 1. The van der Waals surface area contributed by atoms with Crippen LogP contribution >= 0.6 is 23.2 Å². The van der Waals surface area contributed by atoms with Gasteiger partial charge in [-0.25, -0.2) is 14.4 Å². The molecule has 0 spiro atoms. The fourth-order valence-corrected chi connectivity index (χ4v) is 3.86. The van der Waals surface area contributed by atoms with Gasteiger partial charge in [0, 0.05) is 23.6 Å². The lowest BCUT2D eigenvalue weighted by Gasteiger charge is -2.35. The van der Waals surface area contributed by atoms with Crippen molar-refractivity contribution in [1.82, 2.24) is 10.2 Å². The number of ether oxygens (including phenoxy) is 1. The van der Waals surface area contributed by atoms with E-state index in [2.05, 4.69) is 16.0 Å². The van der Waals surface area contributed by atoms with Crippen molar-refractivity contribution in [3.8, 4) is 0 Å². The zero-order chi connectivity index (χ0) is 24.1. The van der Waals surface area contributed by atoms with Crippen LogP contribution in [0.5, 0.6) is 0 Å². The van der Waals surface area contributed by atoms with Gasteiger partial charge in [-0.1, -0.05) is 42.3 Å². The monoisotopic (exact) mass is 490 g/mol. The Morgan fingerprint density at radius 3 is 2.42 bits per heavy atom. The summed E-state index contributed by atoms with van der Waals surface area (Å²) in [6, 6.07) is 10.1. The highest BCUT2D eigenvalue weighted by Crippen LogP contribution is 2.32. The summed E-state index contributed by atoms with van der Waals surface area (Å²) >= 11 is 11.9. The van der Waals surface area contributed by atoms with Crippen LogP contribution < -0.4 is 16.0 Å². The van der Waals surface area contributed by atoms with Gasteiger partial charge < -0.3 is 20.7 Å². The summed E-state index contributed by atoms with van der Waals surface area (Å²) in [6.07, 6.45) is 0.733. The Hall–Kier alpha value is -3.23. The molecule has 0 aliphatic carbocycles. The van der Waals surface area contributed by atoms with Gasteiger partial charge in [-0.15, -0.1) is 0 Å². The number of carbonyl (C=O) groups excluding carboxylic acids is 3. The molecule has 3 rings (SSSR count). The number of halogens is 2. The third kappa shape index (κ3) is 5.58. The number of rotatable bonds is 6. The Balaban J connectivity index is 1.85. The number of methoxy groups -OCH3 is 1. The van der Waals surface area contributed by atoms with Crippen LogP contribution in [0.4, 0.5) is 21.0 Å². The summed E-state index contributed by atoms with van der Waals surface area (Å²) in [5, 5.41) is 8.97. The molecule has 0 bridgehead atoms. The summed E-state index contributed by atoms with van der Waals surface area (Å²) in [6.45, 7) is 4.14. The Morgan fingerprint density at radius 1 is 1.09 bits per heavy atom. The van der Waals surface area contributed by atoms with E-state index in [1.165, 1.54) is 18.1 Å². The smallest absolute Gasteiger partial charge is 0.337 e. The molecule has 4 amide bonds. The van der Waals surface area contributed by atoms with E-state index in [4.69, 9.17) is 27.9 Å². The molecule has 1 atom stereocenters. The van der Waals surface area contributed by atoms with Crippen LogP contribution in [0.1, 0.15) is 31.9 Å². The highest BCUT2D eigenvalue weighted by atomic mass is 35.5. The number of urea groups is 2. The lowest BCUT2D eigenvalue weighted by atomic mass is 9.94. The molecule has 0 aromatic heterocycles. The molecule has 8 nitrogen and oxygen atoms in total. The molecule has 0 radical (unpaired) electrons. The quantitative estimate of drug-likeness (QED) is 0.461. The minimum absolute atomic E-state index is 0.303. The molecule has 3 N–H and O–H groups in total. The Labute approximate surface area is 201 Å². The minimum atomic E-state index is -0.724. The van der Waals surface area contributed by atoms with Crippen molar-refractivity contribution >= 4 is 52.6 Å². The maximum Gasteiger partial charge on any atom is 0.337 e. The number of anilines is 2. The van der Waals surface area contributed by atoms with E-state index in [0.717, 1.165) is 6.42 Å². The molecule has 0 saturated heterocycles. The van der Waals surface area contributed by atoms with Crippen LogP contribution in [-0.4, -0.2) is 36.6 Å². The molecule has 1 heterocycles. The van der Waals surface area contributed by atoms with Gasteiger partial charge in [-0.05, 0) is 49.2 Å². The molecule has 1 aliphatic heterocycles. The molecular formula is C23H24Cl2N4O4. The number of benzene rings is 2. The van der Waals surface area contributed by atoms with E-state index in [0.29, 0.717) is 44.8 Å². The molecule has 0 fully saturated rings. The number of nitrogens with one attached hydrogen (secondary N) is 3. The number of hydrogen-bond acceptors (Lipinski definition) is 4. The van der Waals surface area contributed by atoms with Crippen LogP contribution in [0.3, 0.4) is 0 Å². The number of esters is 1. The first-order valence-corrected chi connectivity index (χ1v) is 11.0. The molecule has 1 aliphatic rings. The van der Waals surface area contributed by atoms with Crippen LogP contribution in [0.2, 0.25) is 10.0 Å². The molecule has 2 aromatic carbocycles.